The lowest BCUT2D eigenvalue weighted by Crippen LogP contribution is -2.40. The molecule has 0 aliphatic carbocycles. The van der Waals surface area contributed by atoms with Gasteiger partial charge in [-0.15, -0.1) is 0 Å². The van der Waals surface area contributed by atoms with Gasteiger partial charge in [0.2, 0.25) is 0 Å². The van der Waals surface area contributed by atoms with Crippen LogP contribution < -0.4 is 5.32 Å². The van der Waals surface area contributed by atoms with Gasteiger partial charge in [-0.1, -0.05) is 0 Å². The molecule has 1 atom stereocenters. The molecule has 6 heteroatoms. The number of fused-ring (bicyclic) bond motifs is 1. The van der Waals surface area contributed by atoms with Gasteiger partial charge in [0, 0.05) is 29.0 Å². The highest BCUT2D eigenvalue weighted by molar-refractivity contribution is 9.18. The third-order valence-electron chi connectivity index (χ3n) is 3.73. The fourth-order valence-electron chi connectivity index (χ4n) is 2.61. The second-order valence-corrected chi connectivity index (χ2v) is 5.54. The summed E-state index contributed by atoms with van der Waals surface area (Å²) < 4.78 is 1.59. The minimum Gasteiger partial charge on any atom is -0.400 e. The molecule has 104 valence electrons. The van der Waals surface area contributed by atoms with Crippen LogP contribution in [0.2, 0.25) is 0 Å². The van der Waals surface area contributed by atoms with Crippen LogP contribution in [0.5, 0.6) is 0 Å². The number of hydrogen-bond donors (Lipinski definition) is 2. The number of piperidine rings is 1. The summed E-state index contributed by atoms with van der Waals surface area (Å²) in [6, 6.07) is 0. The van der Waals surface area contributed by atoms with Gasteiger partial charge in [-0.2, -0.15) is 4.99 Å². The first kappa shape index (κ1) is 14.6. The van der Waals surface area contributed by atoms with Gasteiger partial charge in [-0.05, 0) is 25.9 Å². The normalized spacial score (nSPS) is 29.8. The van der Waals surface area contributed by atoms with E-state index in [1.54, 1.807) is 0 Å². The topological polar surface area (TPSA) is 57.0 Å². The zero-order valence-electron chi connectivity index (χ0n) is 11.3. The van der Waals surface area contributed by atoms with Crippen molar-refractivity contribution >= 4 is 26.9 Å². The number of quaternary nitrogens is 1. The average Bonchev–Trinajstić information content (AvgIpc) is 2.74. The molecule has 0 aromatic heterocycles. The summed E-state index contributed by atoms with van der Waals surface area (Å²) in [7, 11) is 3.14. The highest BCUT2D eigenvalue weighted by atomic mass is 79.9. The van der Waals surface area contributed by atoms with Gasteiger partial charge < -0.3 is 10.4 Å². The molecule has 0 spiro atoms. The Labute approximate surface area is 122 Å². The lowest BCUT2D eigenvalue weighted by atomic mass is 9.93. The van der Waals surface area contributed by atoms with Crippen LogP contribution in [0.4, 0.5) is 0 Å². The van der Waals surface area contributed by atoms with Gasteiger partial charge in [0.25, 0.3) is 4.74 Å². The van der Waals surface area contributed by atoms with E-state index in [0.717, 1.165) is 24.9 Å². The van der Waals surface area contributed by atoms with Crippen molar-refractivity contribution < 1.29 is 9.59 Å². The van der Waals surface area contributed by atoms with Crippen molar-refractivity contribution in [2.24, 2.45) is 15.9 Å². The first-order chi connectivity index (χ1) is 9.22. The quantitative estimate of drug-likeness (QED) is 0.567. The van der Waals surface area contributed by atoms with E-state index in [1.165, 1.54) is 24.2 Å². The molecule has 0 aromatic rings. The van der Waals surface area contributed by atoms with E-state index in [4.69, 9.17) is 10.1 Å². The number of aliphatic hydroxyl groups is 1. The third-order valence-corrected chi connectivity index (χ3v) is 4.65. The van der Waals surface area contributed by atoms with Crippen molar-refractivity contribution in [3.63, 3.8) is 0 Å². The van der Waals surface area contributed by atoms with Gasteiger partial charge >= 0.3 is 0 Å². The zero-order valence-corrected chi connectivity index (χ0v) is 12.9. The van der Waals surface area contributed by atoms with Crippen molar-refractivity contribution in [2.45, 2.75) is 12.8 Å². The van der Waals surface area contributed by atoms with E-state index in [9.17, 15) is 0 Å². The Bertz CT molecular complexity index is 463. The molecule has 0 radical (unpaired) electrons. The van der Waals surface area contributed by atoms with Crippen LogP contribution in [0.25, 0.3) is 0 Å². The van der Waals surface area contributed by atoms with E-state index in [0.29, 0.717) is 10.4 Å². The summed E-state index contributed by atoms with van der Waals surface area (Å²) in [5.74, 6) is 0.566. The SMILES string of the molecule is CO.C[N+]12C=CN=CC1=C(C1CCNCC1)N=C2Br. The minimum atomic E-state index is 0.566. The maximum atomic E-state index is 7.00. The van der Waals surface area contributed by atoms with Crippen LogP contribution in [-0.2, 0) is 0 Å². The summed E-state index contributed by atoms with van der Waals surface area (Å²) >= 11 is 3.60. The number of aliphatic hydroxyl groups excluding tert-OH is 1. The molecule has 2 N–H and O–H groups in total. The molecule has 1 unspecified atom stereocenters. The van der Waals surface area contributed by atoms with Crippen LogP contribution >= 0.6 is 15.9 Å². The van der Waals surface area contributed by atoms with Gasteiger partial charge in [-0.3, -0.25) is 4.99 Å². The van der Waals surface area contributed by atoms with E-state index < -0.39 is 0 Å². The monoisotopic (exact) mass is 327 g/mol. The molecule has 0 aromatic carbocycles. The van der Waals surface area contributed by atoms with Crippen molar-refractivity contribution in [2.75, 3.05) is 27.2 Å². The highest BCUT2D eigenvalue weighted by Gasteiger charge is 2.42. The predicted octanol–water partition coefficient (Wildman–Crippen LogP) is 1.57. The first-order valence-electron chi connectivity index (χ1n) is 6.44. The second-order valence-electron chi connectivity index (χ2n) is 4.83. The van der Waals surface area contributed by atoms with Gasteiger partial charge in [0.1, 0.15) is 11.9 Å². The molecule has 1 fully saturated rings. The Hall–Kier alpha value is -0.820. The van der Waals surface area contributed by atoms with Crippen LogP contribution in [0, 0.1) is 5.92 Å². The van der Waals surface area contributed by atoms with Crippen molar-refractivity contribution in [1.82, 2.24) is 5.32 Å². The number of amidine groups is 1. The number of aliphatic imine (C=N–C) groups is 2. The van der Waals surface area contributed by atoms with Gasteiger partial charge in [-0.25, -0.2) is 4.48 Å². The van der Waals surface area contributed by atoms with E-state index in [2.05, 4.69) is 39.5 Å². The van der Waals surface area contributed by atoms with E-state index >= 15 is 0 Å². The predicted molar refractivity (Wildman–Crippen MR) is 80.9 cm³/mol. The number of nitrogens with zero attached hydrogens (tertiary/aromatic N) is 3. The molecule has 3 aliphatic rings. The first-order valence-corrected chi connectivity index (χ1v) is 7.23. The molecular formula is C13H20BrN4O+. The minimum absolute atomic E-state index is 0.566. The second kappa shape index (κ2) is 6.09. The summed E-state index contributed by atoms with van der Waals surface area (Å²) in [5, 5.41) is 10.4. The number of halogens is 1. The molecule has 19 heavy (non-hydrogen) atoms. The molecule has 3 heterocycles. The highest BCUT2D eigenvalue weighted by Crippen LogP contribution is 2.37. The maximum Gasteiger partial charge on any atom is 0.281 e. The fourth-order valence-corrected chi connectivity index (χ4v) is 3.11. The molecular weight excluding hydrogens is 308 g/mol. The molecule has 1 saturated heterocycles. The molecule has 3 aliphatic heterocycles. The Morgan fingerprint density at radius 1 is 1.37 bits per heavy atom. The largest absolute Gasteiger partial charge is 0.400 e. The van der Waals surface area contributed by atoms with Crippen LogP contribution in [0.3, 0.4) is 0 Å². The molecule has 0 saturated carbocycles. The van der Waals surface area contributed by atoms with Crippen LogP contribution in [-0.4, -0.2) is 47.8 Å². The van der Waals surface area contributed by atoms with E-state index in [1.807, 2.05) is 12.4 Å². The van der Waals surface area contributed by atoms with Gasteiger partial charge in [0.15, 0.2) is 5.70 Å². The van der Waals surface area contributed by atoms with Crippen LogP contribution in [0.15, 0.2) is 33.8 Å². The fraction of sp³-hybridized carbons (Fsp3) is 0.538. The molecule has 0 bridgehead atoms. The molecule has 3 rings (SSSR count). The third kappa shape index (κ3) is 2.58. The Kier molecular flexibility index (Phi) is 4.67. The maximum absolute atomic E-state index is 7.00. The van der Waals surface area contributed by atoms with Crippen molar-refractivity contribution in [3.8, 4) is 0 Å². The molecule has 0 amide bonds. The number of nitrogens with one attached hydrogen (secondary N) is 1. The standard InChI is InChI=1S/C12H16BrN4.CH4O/c1-17-7-6-15-8-10(17)11(16-12(17)13)9-2-4-14-5-3-9;1-2/h6-9,14H,2-5H2,1H3;2H,1H3/q+1;. The molecule has 5 nitrogen and oxygen atoms in total. The Morgan fingerprint density at radius 3 is 2.74 bits per heavy atom. The lowest BCUT2D eigenvalue weighted by molar-refractivity contribution is -0.709. The van der Waals surface area contributed by atoms with E-state index in [-0.39, 0.29) is 0 Å². The summed E-state index contributed by atoms with van der Waals surface area (Å²) in [4.78, 5) is 9.00. The van der Waals surface area contributed by atoms with Crippen LogP contribution in [0.1, 0.15) is 12.8 Å². The number of hydrogen-bond acceptors (Lipinski definition) is 4. The number of rotatable bonds is 1. The zero-order chi connectivity index (χ0) is 13.9. The average molecular weight is 328 g/mol. The Balaban J connectivity index is 0.000000637. The smallest absolute Gasteiger partial charge is 0.281 e. The lowest BCUT2D eigenvalue weighted by Gasteiger charge is -2.27. The summed E-state index contributed by atoms with van der Waals surface area (Å²) in [6.45, 7) is 2.18. The number of allylic oxidation sites excluding steroid dienone is 2. The van der Waals surface area contributed by atoms with Crippen molar-refractivity contribution in [1.29, 1.82) is 0 Å². The summed E-state index contributed by atoms with van der Waals surface area (Å²) in [6.07, 6.45) is 8.19. The summed E-state index contributed by atoms with van der Waals surface area (Å²) in [5.41, 5.74) is 2.43. The Morgan fingerprint density at radius 2 is 2.05 bits per heavy atom. The van der Waals surface area contributed by atoms with Crippen molar-refractivity contribution in [3.05, 3.63) is 23.8 Å². The van der Waals surface area contributed by atoms with Gasteiger partial charge in [0.05, 0.1) is 19.5 Å².